The van der Waals surface area contributed by atoms with Crippen LogP contribution in [0.1, 0.15) is 0 Å². The Morgan fingerprint density at radius 3 is 2.67 bits per heavy atom. The minimum absolute atomic E-state index is 0.0218. The van der Waals surface area contributed by atoms with Crippen LogP contribution in [-0.4, -0.2) is 28.8 Å². The lowest BCUT2D eigenvalue weighted by atomic mass is 10.4. The molecule has 18 heavy (non-hydrogen) atoms. The first-order chi connectivity index (χ1) is 8.47. The van der Waals surface area contributed by atoms with Gasteiger partial charge in [-0.25, -0.2) is 9.78 Å². The van der Waals surface area contributed by atoms with Crippen molar-refractivity contribution in [3.05, 3.63) is 27.2 Å². The van der Waals surface area contributed by atoms with Gasteiger partial charge in [0.05, 0.1) is 6.33 Å². The van der Waals surface area contributed by atoms with Gasteiger partial charge >= 0.3 is 5.69 Å². The molecule has 0 aliphatic carbocycles. The summed E-state index contributed by atoms with van der Waals surface area (Å²) in [5.74, 6) is 0. The summed E-state index contributed by atoms with van der Waals surface area (Å²) in [4.78, 5) is 28.5. The lowest BCUT2D eigenvalue weighted by Gasteiger charge is -2.10. The van der Waals surface area contributed by atoms with Crippen LogP contribution in [-0.2, 0) is 20.6 Å². The van der Waals surface area contributed by atoms with Crippen LogP contribution in [0, 0.1) is 0 Å². The predicted octanol–water partition coefficient (Wildman–Crippen LogP) is 0.592. The Morgan fingerprint density at radius 1 is 1.39 bits per heavy atom. The predicted molar refractivity (Wildman–Crippen MR) is 76.7 cm³/mol. The number of rotatable bonds is 3. The van der Waals surface area contributed by atoms with Crippen molar-refractivity contribution in [2.24, 2.45) is 14.1 Å². The van der Waals surface area contributed by atoms with Gasteiger partial charge in [-0.05, 0) is 0 Å². The highest BCUT2D eigenvalue weighted by atomic mass is 79.9. The second-order valence-corrected chi connectivity index (χ2v) is 5.98. The molecular weight excluding hydrogens is 368 g/mol. The largest absolute Gasteiger partial charge is 0.332 e. The summed E-state index contributed by atoms with van der Waals surface area (Å²) in [6, 6.07) is 0. The molecule has 8 heteroatoms. The Balaban J connectivity index is 2.78. The minimum atomic E-state index is -0.350. The van der Waals surface area contributed by atoms with Crippen molar-refractivity contribution >= 4 is 43.0 Å². The zero-order valence-corrected chi connectivity index (χ0v) is 13.1. The number of nitrogens with zero attached hydrogens (tertiary/aromatic N) is 4. The number of imidazole rings is 1. The molecule has 0 aliphatic heterocycles. The third-order valence-electron chi connectivity index (χ3n) is 2.75. The number of hydrogen-bond acceptors (Lipinski definition) is 3. The Bertz CT molecular complexity index is 700. The molecule has 0 spiro atoms. The number of halogens is 2. The van der Waals surface area contributed by atoms with E-state index < -0.39 is 0 Å². The third-order valence-corrected chi connectivity index (χ3v) is 5.01. The molecule has 6 nitrogen and oxygen atoms in total. The fourth-order valence-electron chi connectivity index (χ4n) is 1.80. The highest BCUT2D eigenvalue weighted by Gasteiger charge is 2.16. The zero-order valence-electron chi connectivity index (χ0n) is 9.93. The Labute approximate surface area is 119 Å². The van der Waals surface area contributed by atoms with Crippen molar-refractivity contribution in [2.75, 3.05) is 5.33 Å². The lowest BCUT2D eigenvalue weighted by molar-refractivity contribution is 0.606. The molecule has 0 saturated heterocycles. The van der Waals surface area contributed by atoms with Crippen LogP contribution in [0.3, 0.4) is 0 Å². The van der Waals surface area contributed by atoms with Crippen molar-refractivity contribution in [3.63, 3.8) is 0 Å². The molecule has 0 saturated carbocycles. The third kappa shape index (κ3) is 2.07. The number of alkyl halides is 2. The summed E-state index contributed by atoms with van der Waals surface area (Å²) >= 11 is 6.71. The van der Waals surface area contributed by atoms with Gasteiger partial charge in [0.1, 0.15) is 0 Å². The molecule has 0 N–H and O–H groups in total. The van der Waals surface area contributed by atoms with Crippen LogP contribution < -0.4 is 11.2 Å². The maximum atomic E-state index is 12.3. The first-order valence-corrected chi connectivity index (χ1v) is 7.32. The SMILES string of the molecule is Cn1cnc2c1c(=O)n(CC(Br)CBr)c(=O)n2C. The van der Waals surface area contributed by atoms with Crippen LogP contribution in [0.25, 0.3) is 11.2 Å². The Morgan fingerprint density at radius 2 is 2.06 bits per heavy atom. The molecule has 0 fully saturated rings. The highest BCUT2D eigenvalue weighted by Crippen LogP contribution is 2.07. The van der Waals surface area contributed by atoms with E-state index >= 15 is 0 Å². The van der Waals surface area contributed by atoms with E-state index in [1.165, 1.54) is 15.5 Å². The number of aromatic nitrogens is 4. The van der Waals surface area contributed by atoms with E-state index in [0.29, 0.717) is 23.0 Å². The van der Waals surface area contributed by atoms with Crippen LogP contribution in [0.15, 0.2) is 15.9 Å². The molecule has 2 heterocycles. The van der Waals surface area contributed by atoms with Crippen molar-refractivity contribution in [2.45, 2.75) is 11.4 Å². The number of aryl methyl sites for hydroxylation is 2. The molecule has 1 atom stereocenters. The molecule has 2 aromatic heterocycles. The molecule has 0 aliphatic rings. The van der Waals surface area contributed by atoms with Crippen LogP contribution in [0.4, 0.5) is 0 Å². The van der Waals surface area contributed by atoms with E-state index in [4.69, 9.17) is 0 Å². The van der Waals surface area contributed by atoms with Crippen molar-refractivity contribution in [1.29, 1.82) is 0 Å². The molecule has 2 aromatic rings. The maximum absolute atomic E-state index is 12.3. The second-order valence-electron chi connectivity index (χ2n) is 4.04. The van der Waals surface area contributed by atoms with Crippen molar-refractivity contribution in [1.82, 2.24) is 18.7 Å². The van der Waals surface area contributed by atoms with E-state index in [0.717, 1.165) is 0 Å². The quantitative estimate of drug-likeness (QED) is 0.733. The first-order valence-electron chi connectivity index (χ1n) is 5.28. The standard InChI is InChI=1S/C10H12Br2N4O2/c1-14-5-13-8-7(14)9(17)16(4-6(12)3-11)10(18)15(8)2/h5-6H,3-4H2,1-2H3. The van der Waals surface area contributed by atoms with E-state index in [2.05, 4.69) is 36.8 Å². The Hall–Kier alpha value is -0.890. The summed E-state index contributed by atoms with van der Waals surface area (Å²) in [5.41, 5.74) is 0.190. The van der Waals surface area contributed by atoms with E-state index in [9.17, 15) is 9.59 Å². The number of fused-ring (bicyclic) bond motifs is 1. The smallest absolute Gasteiger partial charge is 0.328 e. The van der Waals surface area contributed by atoms with Gasteiger partial charge < -0.3 is 4.57 Å². The molecule has 98 valence electrons. The fourth-order valence-corrected chi connectivity index (χ4v) is 2.30. The van der Waals surface area contributed by atoms with Gasteiger partial charge in [-0.1, -0.05) is 31.9 Å². The molecular formula is C10H12Br2N4O2. The summed E-state index contributed by atoms with van der Waals surface area (Å²) in [6.45, 7) is 0.317. The lowest BCUT2D eigenvalue weighted by Crippen LogP contribution is -2.41. The van der Waals surface area contributed by atoms with Crippen LogP contribution in [0.2, 0.25) is 0 Å². The van der Waals surface area contributed by atoms with Gasteiger partial charge in [-0.15, -0.1) is 0 Å². The van der Waals surface area contributed by atoms with E-state index in [1.807, 2.05) is 0 Å². The summed E-state index contributed by atoms with van der Waals surface area (Å²) in [5, 5.41) is 0.659. The zero-order chi connectivity index (χ0) is 13.4. The van der Waals surface area contributed by atoms with Crippen LogP contribution >= 0.6 is 31.9 Å². The van der Waals surface area contributed by atoms with Gasteiger partial charge in [0.2, 0.25) is 0 Å². The molecule has 1 unspecified atom stereocenters. The average molecular weight is 380 g/mol. The topological polar surface area (TPSA) is 61.8 Å². The normalized spacial score (nSPS) is 13.1. The highest BCUT2D eigenvalue weighted by molar-refractivity contribution is 9.12. The average Bonchev–Trinajstić information content (AvgIpc) is 2.74. The Kier molecular flexibility index (Phi) is 3.76. The second kappa shape index (κ2) is 5.00. The molecule has 0 bridgehead atoms. The molecule has 0 aromatic carbocycles. The van der Waals surface area contributed by atoms with Gasteiger partial charge in [0.25, 0.3) is 5.56 Å². The van der Waals surface area contributed by atoms with Crippen molar-refractivity contribution in [3.8, 4) is 0 Å². The van der Waals surface area contributed by atoms with Gasteiger partial charge in [-0.2, -0.15) is 0 Å². The molecule has 2 rings (SSSR count). The molecule has 0 radical (unpaired) electrons. The molecule has 0 amide bonds. The first kappa shape index (κ1) is 13.5. The summed E-state index contributed by atoms with van der Waals surface area (Å²) < 4.78 is 4.25. The van der Waals surface area contributed by atoms with Crippen LogP contribution in [0.5, 0.6) is 0 Å². The van der Waals surface area contributed by atoms with E-state index in [1.54, 1.807) is 18.7 Å². The fraction of sp³-hybridized carbons (Fsp3) is 0.500. The summed E-state index contributed by atoms with van der Waals surface area (Å²) in [6.07, 6.45) is 1.53. The van der Waals surface area contributed by atoms with Gasteiger partial charge in [0, 0.05) is 30.8 Å². The van der Waals surface area contributed by atoms with Gasteiger partial charge in [0.15, 0.2) is 11.2 Å². The maximum Gasteiger partial charge on any atom is 0.332 e. The van der Waals surface area contributed by atoms with Gasteiger partial charge in [-0.3, -0.25) is 13.9 Å². The minimum Gasteiger partial charge on any atom is -0.328 e. The summed E-state index contributed by atoms with van der Waals surface area (Å²) in [7, 11) is 3.35. The van der Waals surface area contributed by atoms with E-state index in [-0.39, 0.29) is 16.1 Å². The monoisotopic (exact) mass is 378 g/mol. The van der Waals surface area contributed by atoms with Crippen molar-refractivity contribution < 1.29 is 0 Å². The number of hydrogen-bond donors (Lipinski definition) is 0.